The van der Waals surface area contributed by atoms with Gasteiger partial charge < -0.3 is 15.0 Å². The molecule has 1 saturated heterocycles. The Kier molecular flexibility index (Phi) is 5.78. The molecular weight excluding hydrogens is 429 g/mol. The molecular formula is C19H22IN3O2. The Hall–Kier alpha value is -1.83. The summed E-state index contributed by atoms with van der Waals surface area (Å²) in [5.74, 6) is 2.28. The molecule has 0 spiro atoms. The van der Waals surface area contributed by atoms with Gasteiger partial charge in [-0.15, -0.1) is 0 Å². The molecule has 2 aliphatic heterocycles. The van der Waals surface area contributed by atoms with Crippen LogP contribution in [-0.2, 0) is 0 Å². The molecule has 2 atom stereocenters. The molecule has 6 heteroatoms. The minimum absolute atomic E-state index is 0.00622. The number of likely N-dealkylation sites (tertiary alicyclic amines) is 1. The predicted molar refractivity (Wildman–Crippen MR) is 108 cm³/mol. The van der Waals surface area contributed by atoms with E-state index in [-0.39, 0.29) is 16.1 Å². The Bertz CT molecular complexity index is 706. The summed E-state index contributed by atoms with van der Waals surface area (Å²) >= 11 is 1.75. The first-order valence-corrected chi connectivity index (χ1v) is 9.49. The second kappa shape index (κ2) is 8.03. The second-order valence-electron chi connectivity index (χ2n) is 6.40. The van der Waals surface area contributed by atoms with Crippen molar-refractivity contribution in [1.82, 2.24) is 10.2 Å². The Balaban J connectivity index is 1.51. The van der Waals surface area contributed by atoms with E-state index in [1.807, 2.05) is 43.5 Å². The highest BCUT2D eigenvalue weighted by Crippen LogP contribution is 2.25. The monoisotopic (exact) mass is 451 g/mol. The van der Waals surface area contributed by atoms with Crippen LogP contribution in [0.4, 0.5) is 4.79 Å². The summed E-state index contributed by atoms with van der Waals surface area (Å²) in [5.41, 5.74) is 1.06. The van der Waals surface area contributed by atoms with Gasteiger partial charge in [0.15, 0.2) is 0 Å². The lowest BCUT2D eigenvalue weighted by Crippen LogP contribution is -2.52. The van der Waals surface area contributed by atoms with Gasteiger partial charge >= 0.3 is 0 Å². The summed E-state index contributed by atoms with van der Waals surface area (Å²) in [4.78, 5) is 17.8. The first-order valence-electron chi connectivity index (χ1n) is 8.41. The number of nitrogens with one attached hydrogen (secondary N) is 1. The molecule has 132 valence electrons. The molecule has 1 fully saturated rings. The zero-order valence-corrected chi connectivity index (χ0v) is 16.5. The van der Waals surface area contributed by atoms with Gasteiger partial charge in [-0.1, -0.05) is 25.1 Å². The van der Waals surface area contributed by atoms with Crippen LogP contribution in [0.25, 0.3) is 0 Å². The smallest absolute Gasteiger partial charge is 0.281 e. The lowest BCUT2D eigenvalue weighted by Gasteiger charge is -2.40. The van der Waals surface area contributed by atoms with E-state index in [1.54, 1.807) is 22.6 Å². The van der Waals surface area contributed by atoms with Crippen molar-refractivity contribution in [2.45, 2.75) is 26.0 Å². The minimum Gasteiger partial charge on any atom is -0.487 e. The summed E-state index contributed by atoms with van der Waals surface area (Å²) < 4.78 is 5.96. The van der Waals surface area contributed by atoms with E-state index >= 15 is 0 Å². The molecule has 0 bridgehead atoms. The van der Waals surface area contributed by atoms with Gasteiger partial charge in [-0.25, -0.2) is 4.99 Å². The molecule has 3 rings (SSSR count). The largest absolute Gasteiger partial charge is 0.487 e. The first-order chi connectivity index (χ1) is 12.0. The number of benzene rings is 1. The fourth-order valence-electron chi connectivity index (χ4n) is 2.85. The number of carbonyl (C=O) groups excluding carboxylic acids is 1. The molecule has 0 aliphatic carbocycles. The first kappa shape index (κ1) is 18.0. The third-order valence-electron chi connectivity index (χ3n) is 4.30. The van der Waals surface area contributed by atoms with Crippen molar-refractivity contribution < 1.29 is 9.53 Å². The summed E-state index contributed by atoms with van der Waals surface area (Å²) in [6.45, 7) is 5.81. The van der Waals surface area contributed by atoms with Gasteiger partial charge in [-0.2, -0.15) is 0 Å². The molecule has 1 N–H and O–H groups in total. The highest BCUT2D eigenvalue weighted by atomic mass is 127. The van der Waals surface area contributed by atoms with Crippen molar-refractivity contribution in [2.75, 3.05) is 13.1 Å². The SMILES string of the molecule is CC1C=CC=NC(N2CC(Oc3ccc(C(C)NC(=O)I)cc3)C2)=C1. The van der Waals surface area contributed by atoms with Crippen LogP contribution >= 0.6 is 22.6 Å². The highest BCUT2D eigenvalue weighted by Gasteiger charge is 2.30. The molecule has 2 heterocycles. The fraction of sp³-hybridized carbons (Fsp3) is 0.368. The van der Waals surface area contributed by atoms with Crippen molar-refractivity contribution in [1.29, 1.82) is 0 Å². The molecule has 2 unspecified atom stereocenters. The Morgan fingerprint density at radius 2 is 2.08 bits per heavy atom. The van der Waals surface area contributed by atoms with Crippen LogP contribution in [0.3, 0.4) is 0 Å². The quantitative estimate of drug-likeness (QED) is 0.417. The van der Waals surface area contributed by atoms with E-state index in [2.05, 4.69) is 34.3 Å². The number of aliphatic imine (C=N–C) groups is 1. The average Bonchev–Trinajstić information content (AvgIpc) is 2.74. The van der Waals surface area contributed by atoms with Crippen LogP contribution in [0, 0.1) is 5.92 Å². The topological polar surface area (TPSA) is 53.9 Å². The number of hydrogen-bond acceptors (Lipinski definition) is 4. The number of rotatable bonds is 5. The Morgan fingerprint density at radius 1 is 1.36 bits per heavy atom. The maximum absolute atomic E-state index is 11.1. The van der Waals surface area contributed by atoms with Gasteiger partial charge in [0.2, 0.25) is 0 Å². The molecule has 5 nitrogen and oxygen atoms in total. The number of ether oxygens (including phenoxy) is 1. The molecule has 1 aromatic rings. The van der Waals surface area contributed by atoms with Crippen LogP contribution < -0.4 is 10.1 Å². The molecule has 25 heavy (non-hydrogen) atoms. The van der Waals surface area contributed by atoms with Gasteiger partial charge in [0.25, 0.3) is 3.91 Å². The minimum atomic E-state index is -0.0556. The van der Waals surface area contributed by atoms with Crippen molar-refractivity contribution >= 4 is 32.7 Å². The van der Waals surface area contributed by atoms with Crippen LogP contribution in [0.5, 0.6) is 5.75 Å². The van der Waals surface area contributed by atoms with Gasteiger partial charge in [0, 0.05) is 28.8 Å². The lowest BCUT2D eigenvalue weighted by atomic mass is 10.1. The van der Waals surface area contributed by atoms with Crippen LogP contribution in [-0.4, -0.2) is 34.2 Å². The maximum atomic E-state index is 11.1. The highest BCUT2D eigenvalue weighted by molar-refractivity contribution is 14.1. The van der Waals surface area contributed by atoms with E-state index in [1.165, 1.54) is 0 Å². The molecule has 2 aliphatic rings. The molecule has 0 aromatic heterocycles. The summed E-state index contributed by atoms with van der Waals surface area (Å²) in [6.07, 6.45) is 8.32. The number of halogens is 1. The summed E-state index contributed by atoms with van der Waals surface area (Å²) in [5, 5.41) is 2.87. The standard InChI is InChI=1S/C19H22IN3O2/c1-13-4-3-9-21-18(10-13)23-11-17(12-23)25-16-7-5-15(6-8-16)14(2)22-19(20)24/h3-10,13-14,17H,11-12H2,1-2H3,(H,22,24). The van der Waals surface area contributed by atoms with Crippen molar-refractivity contribution in [2.24, 2.45) is 10.9 Å². The molecule has 1 amide bonds. The Labute approximate surface area is 162 Å². The number of allylic oxidation sites excluding steroid dienone is 3. The summed E-state index contributed by atoms with van der Waals surface area (Å²) in [7, 11) is 0. The van der Waals surface area contributed by atoms with Gasteiger partial charge in [-0.05, 0) is 42.7 Å². The normalized spacial score (nSPS) is 21.2. The second-order valence-corrected chi connectivity index (χ2v) is 7.38. The van der Waals surface area contributed by atoms with E-state index in [0.29, 0.717) is 5.92 Å². The third-order valence-corrected chi connectivity index (χ3v) is 4.62. The predicted octanol–water partition coefficient (Wildman–Crippen LogP) is 4.07. The zero-order chi connectivity index (χ0) is 17.8. The summed E-state index contributed by atoms with van der Waals surface area (Å²) in [6, 6.07) is 7.91. The van der Waals surface area contributed by atoms with Gasteiger partial charge in [0.05, 0.1) is 19.1 Å². The van der Waals surface area contributed by atoms with Gasteiger partial charge in [-0.3, -0.25) is 4.79 Å². The van der Waals surface area contributed by atoms with E-state index in [0.717, 1.165) is 30.2 Å². The molecule has 0 radical (unpaired) electrons. The van der Waals surface area contributed by atoms with Gasteiger partial charge in [0.1, 0.15) is 17.7 Å². The van der Waals surface area contributed by atoms with Crippen LogP contribution in [0.15, 0.2) is 53.3 Å². The van der Waals surface area contributed by atoms with Crippen LogP contribution in [0.2, 0.25) is 0 Å². The van der Waals surface area contributed by atoms with E-state index < -0.39 is 0 Å². The molecule has 0 saturated carbocycles. The van der Waals surface area contributed by atoms with Crippen molar-refractivity contribution in [3.63, 3.8) is 0 Å². The Morgan fingerprint density at radius 3 is 2.76 bits per heavy atom. The number of nitrogens with zero attached hydrogens (tertiary/aromatic N) is 2. The maximum Gasteiger partial charge on any atom is 0.281 e. The number of hydrogen-bond donors (Lipinski definition) is 1. The van der Waals surface area contributed by atoms with E-state index in [9.17, 15) is 4.79 Å². The third kappa shape index (κ3) is 4.84. The van der Waals surface area contributed by atoms with Crippen molar-refractivity contribution in [3.05, 3.63) is 53.9 Å². The molecule has 1 aromatic carbocycles. The van der Waals surface area contributed by atoms with Crippen molar-refractivity contribution in [3.8, 4) is 5.75 Å². The zero-order valence-electron chi connectivity index (χ0n) is 14.4. The number of carbonyl (C=O) groups is 1. The van der Waals surface area contributed by atoms with E-state index in [4.69, 9.17) is 4.74 Å². The number of amides is 1. The fourth-order valence-corrected chi connectivity index (χ4v) is 3.31. The lowest BCUT2D eigenvalue weighted by molar-refractivity contribution is 0.0430. The van der Waals surface area contributed by atoms with Crippen LogP contribution in [0.1, 0.15) is 25.5 Å². The average molecular weight is 451 g/mol.